The SMILES string of the molecule is CCOc1ccc(/C(O)=C2/C(=O)C(=O)N(CC3CCCO3)C2c2ccc(N(C)C)cc2)cc1C(C)C. The van der Waals surface area contributed by atoms with Crippen LogP contribution >= 0.6 is 0 Å². The number of carbonyl (C=O) groups excluding carboxylic acids is 2. The summed E-state index contributed by atoms with van der Waals surface area (Å²) in [5.41, 5.74) is 3.31. The quantitative estimate of drug-likeness (QED) is 0.322. The van der Waals surface area contributed by atoms with Gasteiger partial charge in [-0.3, -0.25) is 9.59 Å². The van der Waals surface area contributed by atoms with E-state index in [2.05, 4.69) is 13.8 Å². The predicted molar refractivity (Wildman–Crippen MR) is 140 cm³/mol. The normalized spacial score (nSPS) is 21.4. The van der Waals surface area contributed by atoms with Crippen LogP contribution in [-0.2, 0) is 14.3 Å². The number of amides is 1. The maximum absolute atomic E-state index is 13.4. The number of aliphatic hydroxyl groups is 1. The van der Waals surface area contributed by atoms with Gasteiger partial charge in [-0.05, 0) is 67.1 Å². The molecule has 2 aromatic carbocycles. The fraction of sp³-hybridized carbons (Fsp3) is 0.448. The summed E-state index contributed by atoms with van der Waals surface area (Å²) < 4.78 is 11.6. The van der Waals surface area contributed by atoms with Gasteiger partial charge in [-0.15, -0.1) is 0 Å². The van der Waals surface area contributed by atoms with Crippen LogP contribution in [0.15, 0.2) is 48.0 Å². The highest BCUT2D eigenvalue weighted by atomic mass is 16.5. The number of likely N-dealkylation sites (tertiary alicyclic amines) is 1. The van der Waals surface area contributed by atoms with Gasteiger partial charge in [-0.2, -0.15) is 0 Å². The van der Waals surface area contributed by atoms with Crippen molar-refractivity contribution in [3.8, 4) is 5.75 Å². The number of carbonyl (C=O) groups is 2. The minimum absolute atomic E-state index is 0.106. The third kappa shape index (κ3) is 4.98. The molecule has 0 bridgehead atoms. The van der Waals surface area contributed by atoms with Gasteiger partial charge in [0.25, 0.3) is 11.7 Å². The number of anilines is 1. The van der Waals surface area contributed by atoms with Crippen LogP contribution in [0.4, 0.5) is 5.69 Å². The average Bonchev–Trinajstić information content (AvgIpc) is 3.46. The minimum atomic E-state index is -0.695. The van der Waals surface area contributed by atoms with Crippen LogP contribution in [0.3, 0.4) is 0 Å². The highest BCUT2D eigenvalue weighted by molar-refractivity contribution is 6.46. The van der Waals surface area contributed by atoms with E-state index in [-0.39, 0.29) is 23.4 Å². The molecule has 36 heavy (non-hydrogen) atoms. The zero-order valence-corrected chi connectivity index (χ0v) is 21.8. The topological polar surface area (TPSA) is 79.3 Å². The third-order valence-electron chi connectivity index (χ3n) is 6.89. The van der Waals surface area contributed by atoms with Crippen molar-refractivity contribution < 1.29 is 24.2 Å². The standard InChI is InChI=1S/C29H36N2O5/c1-6-35-24-14-11-20(16-23(24)18(2)3)27(32)25-26(19-9-12-21(13-10-19)30(4)5)31(29(34)28(25)33)17-22-8-7-15-36-22/h9-14,16,18,22,26,32H,6-8,15,17H2,1-5H3/b27-25-. The fourth-order valence-electron chi connectivity index (χ4n) is 4.97. The number of ketones is 1. The monoisotopic (exact) mass is 492 g/mol. The van der Waals surface area contributed by atoms with E-state index in [9.17, 15) is 14.7 Å². The van der Waals surface area contributed by atoms with Crippen molar-refractivity contribution >= 4 is 23.1 Å². The number of hydrogen-bond acceptors (Lipinski definition) is 6. The highest BCUT2D eigenvalue weighted by Gasteiger charge is 2.47. The minimum Gasteiger partial charge on any atom is -0.507 e. The summed E-state index contributed by atoms with van der Waals surface area (Å²) in [6.45, 7) is 7.52. The number of rotatable bonds is 8. The summed E-state index contributed by atoms with van der Waals surface area (Å²) in [5, 5.41) is 11.5. The van der Waals surface area contributed by atoms with Crippen LogP contribution in [0.2, 0.25) is 0 Å². The van der Waals surface area contributed by atoms with E-state index in [1.165, 1.54) is 0 Å². The van der Waals surface area contributed by atoms with Crippen molar-refractivity contribution in [1.29, 1.82) is 0 Å². The Morgan fingerprint density at radius 1 is 1.17 bits per heavy atom. The Balaban J connectivity index is 1.83. The maximum Gasteiger partial charge on any atom is 0.295 e. The number of hydrogen-bond donors (Lipinski definition) is 1. The van der Waals surface area contributed by atoms with Crippen LogP contribution in [0, 0.1) is 0 Å². The Morgan fingerprint density at radius 2 is 1.89 bits per heavy atom. The lowest BCUT2D eigenvalue weighted by molar-refractivity contribution is -0.140. The second-order valence-corrected chi connectivity index (χ2v) is 9.91. The zero-order valence-electron chi connectivity index (χ0n) is 21.8. The molecule has 0 spiro atoms. The summed E-state index contributed by atoms with van der Waals surface area (Å²) in [6.07, 6.45) is 1.65. The maximum atomic E-state index is 13.4. The number of benzene rings is 2. The zero-order chi connectivity index (χ0) is 26.0. The molecule has 1 N–H and O–H groups in total. The van der Waals surface area contributed by atoms with Crippen LogP contribution in [0.5, 0.6) is 5.75 Å². The first-order valence-corrected chi connectivity index (χ1v) is 12.7. The molecule has 1 amide bonds. The van der Waals surface area contributed by atoms with E-state index in [1.807, 2.05) is 62.3 Å². The van der Waals surface area contributed by atoms with Gasteiger partial charge in [0.2, 0.25) is 0 Å². The molecule has 2 unspecified atom stereocenters. The van der Waals surface area contributed by atoms with Gasteiger partial charge < -0.3 is 24.4 Å². The molecule has 2 fully saturated rings. The first kappa shape index (κ1) is 25.8. The Labute approximate surface area is 213 Å². The summed E-state index contributed by atoms with van der Waals surface area (Å²) in [6, 6.07) is 12.5. The first-order valence-electron chi connectivity index (χ1n) is 12.7. The van der Waals surface area contributed by atoms with E-state index in [0.29, 0.717) is 25.3 Å². The molecule has 0 aromatic heterocycles. The summed E-state index contributed by atoms with van der Waals surface area (Å²) in [5.74, 6) is -0.556. The van der Waals surface area contributed by atoms with Crippen molar-refractivity contribution in [2.45, 2.75) is 51.7 Å². The van der Waals surface area contributed by atoms with Crippen LogP contribution < -0.4 is 9.64 Å². The fourth-order valence-corrected chi connectivity index (χ4v) is 4.97. The molecule has 2 aromatic rings. The second-order valence-electron chi connectivity index (χ2n) is 9.91. The Hall–Kier alpha value is -3.32. The molecule has 2 heterocycles. The van der Waals surface area contributed by atoms with Gasteiger partial charge >= 0.3 is 0 Å². The lowest BCUT2D eigenvalue weighted by Gasteiger charge is -2.28. The van der Waals surface area contributed by atoms with Gasteiger partial charge in [0, 0.05) is 38.5 Å². The van der Waals surface area contributed by atoms with Gasteiger partial charge in [0.1, 0.15) is 11.5 Å². The molecule has 0 aliphatic carbocycles. The van der Waals surface area contributed by atoms with E-state index in [0.717, 1.165) is 35.4 Å². The van der Waals surface area contributed by atoms with Crippen molar-refractivity contribution in [3.63, 3.8) is 0 Å². The number of ether oxygens (including phenoxy) is 2. The number of aliphatic hydroxyl groups excluding tert-OH is 1. The number of nitrogens with zero attached hydrogens (tertiary/aromatic N) is 2. The molecule has 0 radical (unpaired) electrons. The second kappa shape index (κ2) is 10.7. The molecule has 4 rings (SSSR count). The van der Waals surface area contributed by atoms with E-state index in [1.54, 1.807) is 11.0 Å². The number of Topliss-reactive ketones (excluding diaryl/α,β-unsaturated/α-hetero) is 1. The predicted octanol–water partition coefficient (Wildman–Crippen LogP) is 4.88. The molecule has 7 nitrogen and oxygen atoms in total. The summed E-state index contributed by atoms with van der Waals surface area (Å²) in [4.78, 5) is 30.2. The van der Waals surface area contributed by atoms with E-state index in [4.69, 9.17) is 9.47 Å². The lowest BCUT2D eigenvalue weighted by Crippen LogP contribution is -2.36. The van der Waals surface area contributed by atoms with Crippen molar-refractivity contribution in [2.24, 2.45) is 0 Å². The lowest BCUT2D eigenvalue weighted by atomic mass is 9.93. The molecular weight excluding hydrogens is 456 g/mol. The molecule has 0 saturated carbocycles. The molecule has 2 saturated heterocycles. The molecule has 2 atom stereocenters. The average molecular weight is 493 g/mol. The largest absolute Gasteiger partial charge is 0.507 e. The Bertz CT molecular complexity index is 1150. The van der Waals surface area contributed by atoms with E-state index >= 15 is 0 Å². The first-order chi connectivity index (χ1) is 17.2. The van der Waals surface area contributed by atoms with Crippen molar-refractivity contribution in [1.82, 2.24) is 4.90 Å². The molecule has 192 valence electrons. The van der Waals surface area contributed by atoms with Crippen LogP contribution in [0.1, 0.15) is 62.3 Å². The van der Waals surface area contributed by atoms with Gasteiger partial charge in [0.15, 0.2) is 0 Å². The summed E-state index contributed by atoms with van der Waals surface area (Å²) >= 11 is 0. The van der Waals surface area contributed by atoms with Crippen LogP contribution in [0.25, 0.3) is 5.76 Å². The van der Waals surface area contributed by atoms with Gasteiger partial charge in [-0.25, -0.2) is 0 Å². The molecule has 2 aliphatic rings. The van der Waals surface area contributed by atoms with Gasteiger partial charge in [0.05, 0.1) is 24.3 Å². The molecule has 2 aliphatic heterocycles. The summed E-state index contributed by atoms with van der Waals surface area (Å²) in [7, 11) is 3.91. The Morgan fingerprint density at radius 3 is 2.47 bits per heavy atom. The van der Waals surface area contributed by atoms with Crippen LogP contribution in [-0.4, -0.2) is 61.7 Å². The highest BCUT2D eigenvalue weighted by Crippen LogP contribution is 2.41. The molecule has 7 heteroatoms. The van der Waals surface area contributed by atoms with Crippen molar-refractivity contribution in [2.75, 3.05) is 38.8 Å². The molecular formula is C29H36N2O5. The smallest absolute Gasteiger partial charge is 0.295 e. The Kier molecular flexibility index (Phi) is 7.69. The van der Waals surface area contributed by atoms with Gasteiger partial charge in [-0.1, -0.05) is 26.0 Å². The van der Waals surface area contributed by atoms with E-state index < -0.39 is 17.7 Å². The van der Waals surface area contributed by atoms with Crippen molar-refractivity contribution in [3.05, 3.63) is 64.7 Å². The third-order valence-corrected chi connectivity index (χ3v) is 6.89.